The Morgan fingerprint density at radius 1 is 0.203 bits per heavy atom. The van der Waals surface area contributed by atoms with E-state index in [1.807, 2.05) is 279 Å². The number of aromatic nitrogens is 9. The van der Waals surface area contributed by atoms with Gasteiger partial charge in [0.1, 0.15) is 11.6 Å². The number of pyridine rings is 3. The second kappa shape index (κ2) is 34.4. The van der Waals surface area contributed by atoms with Gasteiger partial charge in [-0.25, -0.2) is 89.2 Å². The van der Waals surface area contributed by atoms with Crippen molar-refractivity contribution in [3.8, 4) is 130 Å². The zero-order valence-corrected chi connectivity index (χ0v) is 69.5. The molecule has 6 heterocycles. The Morgan fingerprint density at radius 2 is 0.451 bits per heavy atom. The van der Waals surface area contributed by atoms with E-state index in [2.05, 4.69) is 41.2 Å². The lowest BCUT2D eigenvalue weighted by atomic mass is 9.95. The van der Waals surface area contributed by atoms with Gasteiger partial charge in [0.25, 0.3) is 0 Å². The summed E-state index contributed by atoms with van der Waals surface area (Å²) >= 11 is 0. The van der Waals surface area contributed by atoms with E-state index in [-0.39, 0.29) is 11.1 Å². The number of benzene rings is 17. The fourth-order valence-electron chi connectivity index (χ4n) is 17.3. The predicted octanol–water partition coefficient (Wildman–Crippen LogP) is 30.0. The Labute approximate surface area is 752 Å². The molecule has 23 aromatic rings. The van der Waals surface area contributed by atoms with Crippen LogP contribution in [0.3, 0.4) is 0 Å². The molecule has 0 saturated heterocycles. The van der Waals surface area contributed by atoms with Gasteiger partial charge in [0.05, 0.1) is 119 Å². The van der Waals surface area contributed by atoms with E-state index >= 15 is 8.78 Å². The SMILES string of the molecule is Fc1c(F)c(F)c(-c2ccc(-c3nc4ccccc4c4c3ccc3nc(-c5ccccc5)c(-c5ccccc5)nc34)cc2)c(F)c1F.N#Cc1c(F)c(F)c(-c2cccc(-c3nc4ccccc4c4c3ccc3nc(-c5ccccc5)c(-c5ccccc5)nc34)c2)c(F)c1F.[C-]#[N+]c1ccc(-c2nc3ccccc3c3c2ccc2nc(-c4ccccc4)c(-c4ccccc4)nc23)cc1. The largest absolute Gasteiger partial charge is 0.247 e. The fraction of sp³-hybridized carbons (Fsp3) is 0. The summed E-state index contributed by atoms with van der Waals surface area (Å²) in [6, 6.07) is 115. The van der Waals surface area contributed by atoms with E-state index in [1.165, 1.54) is 36.4 Å². The number of fused-ring (bicyclic) bond motifs is 15. The van der Waals surface area contributed by atoms with Gasteiger partial charge in [-0.15, -0.1) is 0 Å². The van der Waals surface area contributed by atoms with Crippen LogP contribution in [0.4, 0.5) is 45.2 Å². The van der Waals surface area contributed by atoms with Gasteiger partial charge in [-0.1, -0.05) is 303 Å². The molecule has 6 aromatic heterocycles. The fourth-order valence-corrected chi connectivity index (χ4v) is 17.3. The quantitative estimate of drug-likeness (QED) is 0.0403. The highest BCUT2D eigenvalue weighted by Crippen LogP contribution is 2.46. The smallest absolute Gasteiger partial charge is 0.200 e. The molecule has 0 bridgehead atoms. The lowest BCUT2D eigenvalue weighted by Gasteiger charge is -2.15. The molecule has 0 saturated carbocycles. The number of hydrogen-bond acceptors (Lipinski definition) is 10. The average molecular weight is 1740 g/mol. The first-order valence-electron chi connectivity index (χ1n) is 42.0. The van der Waals surface area contributed by atoms with Crippen LogP contribution >= 0.6 is 0 Å². The number of para-hydroxylation sites is 3. The van der Waals surface area contributed by atoms with E-state index in [9.17, 15) is 30.7 Å². The van der Waals surface area contributed by atoms with Crippen molar-refractivity contribution in [3.05, 3.63) is 433 Å². The van der Waals surface area contributed by atoms with Gasteiger partial charge in [-0.05, 0) is 77.4 Å². The highest BCUT2D eigenvalue weighted by Gasteiger charge is 2.31. The van der Waals surface area contributed by atoms with Gasteiger partial charge >= 0.3 is 0 Å². The van der Waals surface area contributed by atoms with Crippen molar-refractivity contribution in [2.24, 2.45) is 0 Å². The molecule has 0 amide bonds. The first-order chi connectivity index (χ1) is 65.1. The third-order valence-corrected chi connectivity index (χ3v) is 23.5. The van der Waals surface area contributed by atoms with Crippen molar-refractivity contribution in [3.63, 3.8) is 0 Å². The van der Waals surface area contributed by atoms with Crippen LogP contribution in [0.15, 0.2) is 364 Å². The average Bonchev–Trinajstić information content (AvgIpc) is 0.725. The van der Waals surface area contributed by atoms with Gasteiger partial charge < -0.3 is 0 Å². The van der Waals surface area contributed by atoms with Crippen LogP contribution in [-0.2, 0) is 0 Å². The normalized spacial score (nSPS) is 11.3. The summed E-state index contributed by atoms with van der Waals surface area (Å²) in [6.45, 7) is 7.31. The minimum absolute atomic E-state index is 0.118. The molecule has 0 atom stereocenters. The van der Waals surface area contributed by atoms with Crippen molar-refractivity contribution >= 4 is 104 Å². The second-order valence-corrected chi connectivity index (χ2v) is 31.3. The number of rotatable bonds is 11. The first kappa shape index (κ1) is 82.1. The first-order valence-corrected chi connectivity index (χ1v) is 42.0. The molecule has 20 heteroatoms. The molecule has 0 spiro atoms. The maximum atomic E-state index is 15.1. The van der Waals surface area contributed by atoms with Gasteiger partial charge in [0.15, 0.2) is 52.2 Å². The van der Waals surface area contributed by atoms with Crippen molar-refractivity contribution in [2.45, 2.75) is 0 Å². The van der Waals surface area contributed by atoms with E-state index in [0.29, 0.717) is 78.1 Å². The Hall–Kier alpha value is -17.9. The van der Waals surface area contributed by atoms with Crippen molar-refractivity contribution < 1.29 is 39.5 Å². The standard InChI is InChI=1S/C40H20F4N4.C39H20F5N3.C34H20N4/c41-33-28(21-45)34(42)36(44)31(35(33)43)24-14-9-15-25(20-24)37-27-18-19-30-40(32(27)26-16-7-8-17-29(26)46-37)48-39(23-12-5-2-6-13-23)38(47-30)22-10-3-1-4-11-22;40-31-29(32(41)34(43)35(44)33(31)42)21-15-17-24(18-16-21)36-26-19-20-28-39(30(26)25-13-7-8-14-27(25)45-36)47-38(23-11-5-2-6-12-23)37(46-28)22-9-3-1-4-10-22;1-35-25-18-16-24(17-19-25)31-27-20-21-29-34(30(27)26-14-8-9-15-28(26)36-31)38-33(23-12-6-3-7-13-23)32(37-29)22-10-4-2-5-11-22/h1-20H;1-20H;2-21H. The molecule has 23 rings (SSSR count). The van der Waals surface area contributed by atoms with Crippen LogP contribution in [0.25, 0.3) is 227 Å². The van der Waals surface area contributed by atoms with Crippen LogP contribution in [0.2, 0.25) is 0 Å². The van der Waals surface area contributed by atoms with Crippen molar-refractivity contribution in [1.82, 2.24) is 44.9 Å². The molecule has 0 unspecified atom stereocenters. The summed E-state index contributed by atoms with van der Waals surface area (Å²) in [5.74, 6) is -16.8. The Kier molecular flexibility index (Phi) is 21.2. The van der Waals surface area contributed by atoms with Crippen molar-refractivity contribution in [2.75, 3.05) is 0 Å². The van der Waals surface area contributed by atoms with E-state index in [1.54, 1.807) is 18.2 Å². The van der Waals surface area contributed by atoms with E-state index in [4.69, 9.17) is 56.7 Å². The van der Waals surface area contributed by atoms with Gasteiger partial charge in [-0.3, -0.25) is 0 Å². The molecular weight excluding hydrogens is 1680 g/mol. The van der Waals surface area contributed by atoms with E-state index < -0.39 is 69.0 Å². The zero-order valence-electron chi connectivity index (χ0n) is 69.5. The highest BCUT2D eigenvalue weighted by atomic mass is 19.2. The molecule has 0 radical (unpaired) electrons. The van der Waals surface area contributed by atoms with Crippen LogP contribution in [0, 0.1) is 70.3 Å². The van der Waals surface area contributed by atoms with Crippen LogP contribution in [0.1, 0.15) is 5.56 Å². The molecule has 0 aliphatic heterocycles. The van der Waals surface area contributed by atoms with Crippen LogP contribution in [-0.4, -0.2) is 44.9 Å². The lowest BCUT2D eigenvalue weighted by molar-refractivity contribution is 0.381. The Bertz CT molecular complexity index is 8690. The summed E-state index contributed by atoms with van der Waals surface area (Å²) in [5.41, 5.74) is 17.8. The molecule has 11 nitrogen and oxygen atoms in total. The summed E-state index contributed by atoms with van der Waals surface area (Å²) in [6.07, 6.45) is 0. The molecule has 0 aliphatic rings. The number of nitriles is 1. The zero-order chi connectivity index (χ0) is 90.6. The molecule has 0 aliphatic carbocycles. The van der Waals surface area contributed by atoms with Crippen molar-refractivity contribution in [1.29, 1.82) is 5.26 Å². The molecule has 133 heavy (non-hydrogen) atoms. The Balaban J connectivity index is 0.000000121. The number of hydrogen-bond donors (Lipinski definition) is 0. The predicted molar refractivity (Wildman–Crippen MR) is 507 cm³/mol. The minimum Gasteiger partial charge on any atom is -0.247 e. The number of halogens is 9. The third-order valence-electron chi connectivity index (χ3n) is 23.5. The lowest BCUT2D eigenvalue weighted by Crippen LogP contribution is -2.04. The molecular formula is C113H60F9N11. The maximum absolute atomic E-state index is 15.1. The minimum atomic E-state index is -2.20. The topological polar surface area (TPSA) is 144 Å². The van der Waals surface area contributed by atoms with Crippen LogP contribution < -0.4 is 0 Å². The summed E-state index contributed by atoms with van der Waals surface area (Å²) in [7, 11) is 0. The van der Waals surface area contributed by atoms with Crippen LogP contribution in [0.5, 0.6) is 0 Å². The maximum Gasteiger partial charge on any atom is 0.200 e. The Morgan fingerprint density at radius 3 is 0.782 bits per heavy atom. The summed E-state index contributed by atoms with van der Waals surface area (Å²) < 4.78 is 130. The van der Waals surface area contributed by atoms with Gasteiger partial charge in [0.2, 0.25) is 5.82 Å². The molecule has 17 aromatic carbocycles. The molecule has 630 valence electrons. The molecule has 0 N–H and O–H groups in total. The van der Waals surface area contributed by atoms with E-state index in [0.717, 1.165) is 127 Å². The summed E-state index contributed by atoms with van der Waals surface area (Å²) in [4.78, 5) is 49.8. The monoisotopic (exact) mass is 1740 g/mol. The van der Waals surface area contributed by atoms with Gasteiger partial charge in [0, 0.05) is 93.0 Å². The molecule has 0 fully saturated rings. The second-order valence-electron chi connectivity index (χ2n) is 31.3. The van der Waals surface area contributed by atoms with Gasteiger partial charge in [-0.2, -0.15) is 5.26 Å². The third kappa shape index (κ3) is 14.7. The number of nitrogens with zero attached hydrogens (tertiary/aromatic N) is 11. The highest BCUT2D eigenvalue weighted by molar-refractivity contribution is 6.24. The summed E-state index contributed by atoms with van der Waals surface area (Å²) in [5, 5.41) is 16.8.